The number of hydrogen-bond donors (Lipinski definition) is 3. The lowest BCUT2D eigenvalue weighted by atomic mass is 9.70. The van der Waals surface area contributed by atoms with Crippen molar-refractivity contribution in [3.63, 3.8) is 0 Å². The summed E-state index contributed by atoms with van der Waals surface area (Å²) in [5.74, 6) is 0.157. The number of anilines is 1. The fraction of sp³-hybridized carbons (Fsp3) is 0.538. The fourth-order valence-corrected chi connectivity index (χ4v) is 6.35. The van der Waals surface area contributed by atoms with E-state index >= 15 is 0 Å². The predicted molar refractivity (Wildman–Crippen MR) is 126 cm³/mol. The SMILES string of the molecule is C=CC(C)(C)[C@@]12Nc3cc4c(cc3[C@]1(O)C[C@]1(NC(=O)[C@H]3CCCN3C1=O)O2)C=CC(C)(C)O4. The summed E-state index contributed by atoms with van der Waals surface area (Å²) in [7, 11) is 0. The third kappa shape index (κ3) is 2.45. The highest BCUT2D eigenvalue weighted by atomic mass is 16.6. The summed E-state index contributed by atoms with van der Waals surface area (Å²) in [4.78, 5) is 28.3. The van der Waals surface area contributed by atoms with Crippen LogP contribution in [0.25, 0.3) is 6.08 Å². The minimum Gasteiger partial charge on any atom is -0.483 e. The van der Waals surface area contributed by atoms with Gasteiger partial charge in [-0.3, -0.25) is 9.59 Å². The first-order valence-corrected chi connectivity index (χ1v) is 11.9. The van der Waals surface area contributed by atoms with E-state index in [0.29, 0.717) is 30.0 Å². The van der Waals surface area contributed by atoms with Crippen LogP contribution in [0.2, 0.25) is 0 Å². The van der Waals surface area contributed by atoms with Gasteiger partial charge in [0.25, 0.3) is 5.91 Å². The number of fused-ring (bicyclic) bond motifs is 5. The van der Waals surface area contributed by atoms with Crippen LogP contribution in [0.1, 0.15) is 58.1 Å². The molecule has 3 fully saturated rings. The van der Waals surface area contributed by atoms with E-state index in [1.807, 2.05) is 52.0 Å². The van der Waals surface area contributed by atoms with Crippen molar-refractivity contribution in [2.75, 3.05) is 11.9 Å². The van der Waals surface area contributed by atoms with Gasteiger partial charge in [0.1, 0.15) is 23.0 Å². The smallest absolute Gasteiger partial charge is 0.276 e. The minimum atomic E-state index is -1.66. The summed E-state index contributed by atoms with van der Waals surface area (Å²) in [5.41, 5.74) is -3.89. The monoisotopic (exact) mass is 465 g/mol. The molecule has 3 saturated heterocycles. The molecule has 0 radical (unpaired) electrons. The van der Waals surface area contributed by atoms with Crippen molar-refractivity contribution in [1.29, 1.82) is 0 Å². The molecule has 0 unspecified atom stereocenters. The van der Waals surface area contributed by atoms with Gasteiger partial charge in [-0.2, -0.15) is 0 Å². The Hall–Kier alpha value is -2.84. The van der Waals surface area contributed by atoms with Crippen LogP contribution in [0, 0.1) is 5.41 Å². The van der Waals surface area contributed by atoms with Crippen molar-refractivity contribution < 1.29 is 24.2 Å². The van der Waals surface area contributed by atoms with E-state index in [2.05, 4.69) is 17.2 Å². The Morgan fingerprint density at radius 1 is 1.26 bits per heavy atom. The first kappa shape index (κ1) is 21.7. The maximum atomic E-state index is 13.7. The van der Waals surface area contributed by atoms with Gasteiger partial charge in [0.2, 0.25) is 11.6 Å². The first-order valence-electron chi connectivity index (χ1n) is 11.9. The number of ether oxygens (including phenoxy) is 2. The van der Waals surface area contributed by atoms with Gasteiger partial charge >= 0.3 is 0 Å². The van der Waals surface area contributed by atoms with Crippen molar-refractivity contribution in [2.45, 2.75) is 75.7 Å². The predicted octanol–water partition coefficient (Wildman–Crippen LogP) is 2.63. The minimum absolute atomic E-state index is 0.111. The molecule has 0 aromatic heterocycles. The lowest BCUT2D eigenvalue weighted by molar-refractivity contribution is -0.205. The average Bonchev–Trinajstić information content (AvgIpc) is 3.40. The largest absolute Gasteiger partial charge is 0.483 e. The van der Waals surface area contributed by atoms with E-state index in [4.69, 9.17) is 9.47 Å². The molecular formula is C26H31N3O5. The molecule has 5 aliphatic heterocycles. The van der Waals surface area contributed by atoms with Crippen LogP contribution in [-0.2, 0) is 19.9 Å². The van der Waals surface area contributed by atoms with Crippen molar-refractivity contribution in [1.82, 2.24) is 10.2 Å². The van der Waals surface area contributed by atoms with Crippen LogP contribution < -0.4 is 15.4 Å². The Balaban J connectivity index is 1.51. The number of nitrogens with zero attached hydrogens (tertiary/aromatic N) is 1. The van der Waals surface area contributed by atoms with E-state index in [1.165, 1.54) is 0 Å². The fourth-order valence-electron chi connectivity index (χ4n) is 6.35. The highest BCUT2D eigenvalue weighted by molar-refractivity contribution is 6.00. The Kier molecular flexibility index (Phi) is 3.97. The molecule has 0 saturated carbocycles. The van der Waals surface area contributed by atoms with E-state index in [9.17, 15) is 14.7 Å². The van der Waals surface area contributed by atoms with Gasteiger partial charge in [-0.1, -0.05) is 26.0 Å². The van der Waals surface area contributed by atoms with Gasteiger partial charge in [0, 0.05) is 41.3 Å². The van der Waals surface area contributed by atoms with Crippen molar-refractivity contribution >= 4 is 23.6 Å². The molecular weight excluding hydrogens is 434 g/mol. The Morgan fingerprint density at radius 3 is 2.76 bits per heavy atom. The normalized spacial score (nSPS) is 36.9. The number of aliphatic hydroxyl groups is 1. The van der Waals surface area contributed by atoms with Gasteiger partial charge in [0.15, 0.2) is 5.72 Å². The summed E-state index contributed by atoms with van der Waals surface area (Å²) in [5, 5.41) is 18.7. The third-order valence-corrected chi connectivity index (χ3v) is 8.26. The summed E-state index contributed by atoms with van der Waals surface area (Å²) in [6.45, 7) is 12.3. The Morgan fingerprint density at radius 2 is 2.03 bits per heavy atom. The molecule has 6 rings (SSSR count). The summed E-state index contributed by atoms with van der Waals surface area (Å²) >= 11 is 0. The maximum absolute atomic E-state index is 13.7. The average molecular weight is 466 g/mol. The molecule has 5 heterocycles. The van der Waals surface area contributed by atoms with Gasteiger partial charge in [-0.15, -0.1) is 6.58 Å². The van der Waals surface area contributed by atoms with Crippen LogP contribution >= 0.6 is 0 Å². The van der Waals surface area contributed by atoms with Crippen molar-refractivity contribution in [3.8, 4) is 5.75 Å². The number of hydrogen-bond acceptors (Lipinski definition) is 6. The Bertz CT molecular complexity index is 1190. The second-order valence-corrected chi connectivity index (χ2v) is 11.3. The van der Waals surface area contributed by atoms with E-state index in [-0.39, 0.29) is 18.2 Å². The number of benzene rings is 1. The molecule has 8 heteroatoms. The quantitative estimate of drug-likeness (QED) is 0.581. The zero-order valence-corrected chi connectivity index (χ0v) is 20.0. The molecule has 1 aromatic carbocycles. The van der Waals surface area contributed by atoms with E-state index in [0.717, 1.165) is 12.0 Å². The second kappa shape index (κ2) is 6.23. The van der Waals surface area contributed by atoms with Gasteiger partial charge < -0.3 is 30.1 Å². The molecule has 0 aliphatic carbocycles. The molecule has 1 aromatic rings. The highest BCUT2D eigenvalue weighted by Crippen LogP contribution is 2.64. The molecule has 1 spiro atoms. The van der Waals surface area contributed by atoms with E-state index in [1.54, 1.807) is 11.0 Å². The van der Waals surface area contributed by atoms with Crippen molar-refractivity contribution in [2.24, 2.45) is 5.41 Å². The van der Waals surface area contributed by atoms with Crippen LogP contribution in [0.15, 0.2) is 30.9 Å². The molecule has 3 N–H and O–H groups in total. The number of rotatable bonds is 2. The number of amides is 2. The second-order valence-electron chi connectivity index (χ2n) is 11.3. The summed E-state index contributed by atoms with van der Waals surface area (Å²) in [6.07, 6.45) is 6.96. The van der Waals surface area contributed by atoms with Crippen molar-refractivity contribution in [3.05, 3.63) is 42.0 Å². The molecule has 4 atom stereocenters. The van der Waals surface area contributed by atoms with Gasteiger partial charge in [-0.05, 0) is 38.8 Å². The number of carbonyl (C=O) groups excluding carboxylic acids is 2. The Labute approximate surface area is 199 Å². The molecule has 5 aliphatic rings. The molecule has 8 nitrogen and oxygen atoms in total. The van der Waals surface area contributed by atoms with Crippen LogP contribution in [-0.4, -0.2) is 51.5 Å². The van der Waals surface area contributed by atoms with E-state index < -0.39 is 34.1 Å². The molecule has 180 valence electrons. The molecule has 34 heavy (non-hydrogen) atoms. The lowest BCUT2D eigenvalue weighted by Gasteiger charge is -2.47. The number of nitrogens with one attached hydrogen (secondary N) is 2. The molecule has 2 amide bonds. The maximum Gasteiger partial charge on any atom is 0.276 e. The zero-order chi connectivity index (χ0) is 24.3. The van der Waals surface area contributed by atoms with Gasteiger partial charge in [0.05, 0.1) is 0 Å². The zero-order valence-electron chi connectivity index (χ0n) is 20.0. The van der Waals surface area contributed by atoms with Crippen LogP contribution in [0.3, 0.4) is 0 Å². The first-order chi connectivity index (χ1) is 15.9. The summed E-state index contributed by atoms with van der Waals surface area (Å²) in [6, 6.07) is 3.29. The number of carbonyl (C=O) groups is 2. The van der Waals surface area contributed by atoms with Gasteiger partial charge in [-0.25, -0.2) is 0 Å². The van der Waals surface area contributed by atoms with Crippen LogP contribution in [0.4, 0.5) is 5.69 Å². The standard InChI is InChI=1S/C26H31N3O5/c1-6-22(2,3)26-24(32,14-25(34-26)21(31)29-11-7-8-18(29)20(30)28-25)16-12-15-9-10-23(4,5)33-19(15)13-17(16)27-26/h6,9-10,12-13,18,27,32H,1,7-8,11,14H2,2-5H3,(H,28,30)/t18-,24-,25+,26+/m1/s1. The van der Waals surface area contributed by atoms with Crippen LogP contribution in [0.5, 0.6) is 5.75 Å². The topological polar surface area (TPSA) is 100 Å². The lowest BCUT2D eigenvalue weighted by Crippen LogP contribution is -2.70. The number of piperazine rings is 1. The molecule has 0 bridgehead atoms. The summed E-state index contributed by atoms with van der Waals surface area (Å²) < 4.78 is 12.8. The third-order valence-electron chi connectivity index (χ3n) is 8.26. The highest BCUT2D eigenvalue weighted by Gasteiger charge is 2.77.